The summed E-state index contributed by atoms with van der Waals surface area (Å²) in [6.07, 6.45) is 3.11. The monoisotopic (exact) mass is 549 g/mol. The fourth-order valence-corrected chi connectivity index (χ4v) is 5.20. The first kappa shape index (κ1) is 23.5. The molecule has 0 saturated carbocycles. The van der Waals surface area contributed by atoms with Crippen LogP contribution in [0.15, 0.2) is 68.8 Å². The molecule has 2 aromatic carbocycles. The van der Waals surface area contributed by atoms with E-state index in [0.29, 0.717) is 21.1 Å². The van der Waals surface area contributed by atoms with Crippen LogP contribution in [0.2, 0.25) is 15.1 Å². The van der Waals surface area contributed by atoms with Crippen molar-refractivity contribution in [1.29, 1.82) is 0 Å². The molecule has 1 aliphatic rings. The number of hydrogen-bond donors (Lipinski definition) is 0. The number of benzene rings is 2. The number of hydrogen-bond acceptors (Lipinski definition) is 6. The highest BCUT2D eigenvalue weighted by atomic mass is 35.5. The molecule has 0 radical (unpaired) electrons. The van der Waals surface area contributed by atoms with E-state index in [2.05, 4.69) is 4.99 Å². The zero-order valence-electron chi connectivity index (χ0n) is 17.2. The van der Waals surface area contributed by atoms with Crippen LogP contribution in [-0.2, 0) is 0 Å². The topological polar surface area (TPSA) is 90.6 Å². The first-order chi connectivity index (χ1) is 16.7. The lowest BCUT2D eigenvalue weighted by atomic mass is 10.0. The summed E-state index contributed by atoms with van der Waals surface area (Å²) in [6.45, 7) is 0. The van der Waals surface area contributed by atoms with Crippen molar-refractivity contribution in [3.63, 3.8) is 0 Å². The van der Waals surface area contributed by atoms with Crippen LogP contribution >= 0.6 is 46.1 Å². The van der Waals surface area contributed by atoms with Crippen molar-refractivity contribution in [2.75, 3.05) is 0 Å². The number of thiazole rings is 1. The summed E-state index contributed by atoms with van der Waals surface area (Å²) in [6, 6.07) is 11.4. The highest BCUT2D eigenvalue weighted by Crippen LogP contribution is 2.33. The quantitative estimate of drug-likeness (QED) is 0.188. The first-order valence-corrected chi connectivity index (χ1v) is 11.8. The van der Waals surface area contributed by atoms with E-state index in [1.807, 2.05) is 0 Å². The summed E-state index contributed by atoms with van der Waals surface area (Å²) in [4.78, 5) is 28.5. The molecule has 0 amide bonds. The lowest BCUT2D eigenvalue weighted by Gasteiger charge is -2.20. The van der Waals surface area contributed by atoms with Crippen LogP contribution in [-0.4, -0.2) is 9.49 Å². The van der Waals surface area contributed by atoms with Gasteiger partial charge in [0.2, 0.25) is 0 Å². The lowest BCUT2D eigenvalue weighted by Crippen LogP contribution is -2.36. The molecule has 0 fully saturated rings. The molecular formula is C23H11Cl3FN3O4S. The number of nitrogens with zero attached hydrogens (tertiary/aromatic N) is 3. The molecule has 7 nitrogen and oxygen atoms in total. The van der Waals surface area contributed by atoms with Crippen molar-refractivity contribution >= 4 is 63.8 Å². The Bertz CT molecular complexity index is 1710. The number of nitro groups is 1. The summed E-state index contributed by atoms with van der Waals surface area (Å²) < 4.78 is 21.1. The normalized spacial score (nSPS) is 15.5. The maximum atomic E-state index is 14.3. The van der Waals surface area contributed by atoms with Gasteiger partial charge in [0, 0.05) is 16.7 Å². The van der Waals surface area contributed by atoms with Crippen LogP contribution in [0.3, 0.4) is 0 Å². The summed E-state index contributed by atoms with van der Waals surface area (Å²) in [5.41, 5.74) is 1.02. The van der Waals surface area contributed by atoms with E-state index >= 15 is 0 Å². The van der Waals surface area contributed by atoms with Gasteiger partial charge in [-0.25, -0.2) is 9.38 Å². The van der Waals surface area contributed by atoms with Gasteiger partial charge in [0.1, 0.15) is 16.5 Å². The summed E-state index contributed by atoms with van der Waals surface area (Å²) >= 11 is 19.3. The maximum absolute atomic E-state index is 14.3. The third kappa shape index (κ3) is 4.43. The minimum absolute atomic E-state index is 0.123. The molecule has 0 saturated heterocycles. The smallest absolute Gasteiger partial charge is 0.401 e. The molecule has 2 aromatic heterocycles. The molecule has 5 rings (SSSR count). The average molecular weight is 551 g/mol. The molecule has 12 heteroatoms. The molecule has 0 spiro atoms. The minimum atomic E-state index is -0.666. The molecule has 176 valence electrons. The Kier molecular flexibility index (Phi) is 6.10. The van der Waals surface area contributed by atoms with E-state index in [0.717, 1.165) is 16.9 Å². The van der Waals surface area contributed by atoms with Crippen LogP contribution in [0.25, 0.3) is 11.8 Å². The Labute approximate surface area is 214 Å². The molecule has 0 bridgehead atoms. The molecule has 35 heavy (non-hydrogen) atoms. The molecule has 1 atom stereocenters. The average Bonchev–Trinajstić information content (AvgIpc) is 3.41. The third-order valence-corrected chi connectivity index (χ3v) is 7.05. The Morgan fingerprint density at radius 2 is 1.86 bits per heavy atom. The van der Waals surface area contributed by atoms with E-state index in [1.54, 1.807) is 30.3 Å². The van der Waals surface area contributed by atoms with Gasteiger partial charge in [-0.15, -0.1) is 0 Å². The van der Waals surface area contributed by atoms with Gasteiger partial charge in [-0.05, 0) is 42.0 Å². The molecular weight excluding hydrogens is 540 g/mol. The lowest BCUT2D eigenvalue weighted by molar-refractivity contribution is -0.402. The Balaban J connectivity index is 1.73. The molecule has 0 N–H and O–H groups in total. The highest BCUT2D eigenvalue weighted by Gasteiger charge is 2.24. The van der Waals surface area contributed by atoms with Gasteiger partial charge < -0.3 is 4.42 Å². The van der Waals surface area contributed by atoms with Crippen LogP contribution in [0, 0.1) is 15.9 Å². The summed E-state index contributed by atoms with van der Waals surface area (Å²) in [7, 11) is 0. The number of aromatic nitrogens is 1. The number of furan rings is 1. The van der Waals surface area contributed by atoms with E-state index < -0.39 is 22.7 Å². The molecule has 1 aliphatic heterocycles. The first-order valence-electron chi connectivity index (χ1n) is 9.89. The van der Waals surface area contributed by atoms with Gasteiger partial charge in [0.25, 0.3) is 5.56 Å². The maximum Gasteiger partial charge on any atom is 0.433 e. The number of allylic oxidation sites excluding steroid dienone is 1. The van der Waals surface area contributed by atoms with Crippen LogP contribution in [0.5, 0.6) is 0 Å². The van der Waals surface area contributed by atoms with E-state index in [1.165, 1.54) is 34.9 Å². The Hall–Kier alpha value is -3.24. The standard InChI is InChI=1S/C23H11Cl3FN3O4S/c24-12-3-1-11(2-4-12)19-10-18(14-8-17(27)16(26)9-15(14)25)28-23-29(19)22(31)20(35-23)7-13-5-6-21(34-13)30(32)33/h1-10,19H/b20-7-/t19-/m1/s1. The van der Waals surface area contributed by atoms with Gasteiger partial charge in [0.15, 0.2) is 4.80 Å². The Morgan fingerprint density at radius 1 is 1.11 bits per heavy atom. The second-order valence-corrected chi connectivity index (χ2v) is 9.67. The highest BCUT2D eigenvalue weighted by molar-refractivity contribution is 7.07. The predicted molar refractivity (Wildman–Crippen MR) is 132 cm³/mol. The third-order valence-electron chi connectivity index (χ3n) is 5.21. The summed E-state index contributed by atoms with van der Waals surface area (Å²) in [5, 5.41) is 11.5. The van der Waals surface area contributed by atoms with Crippen molar-refractivity contribution in [1.82, 2.24) is 4.57 Å². The van der Waals surface area contributed by atoms with Crippen molar-refractivity contribution in [3.05, 3.63) is 122 Å². The van der Waals surface area contributed by atoms with Gasteiger partial charge in [-0.3, -0.25) is 19.5 Å². The van der Waals surface area contributed by atoms with Gasteiger partial charge in [0.05, 0.1) is 32.4 Å². The van der Waals surface area contributed by atoms with Crippen molar-refractivity contribution < 1.29 is 13.7 Å². The van der Waals surface area contributed by atoms with Gasteiger partial charge in [-0.1, -0.05) is 58.3 Å². The minimum Gasteiger partial charge on any atom is -0.401 e. The van der Waals surface area contributed by atoms with Crippen molar-refractivity contribution in [2.45, 2.75) is 6.04 Å². The van der Waals surface area contributed by atoms with Crippen LogP contribution < -0.4 is 14.9 Å². The summed E-state index contributed by atoms with van der Waals surface area (Å²) in [5.74, 6) is -0.954. The number of halogens is 4. The van der Waals surface area contributed by atoms with Gasteiger partial charge in [-0.2, -0.15) is 0 Å². The fourth-order valence-electron chi connectivity index (χ4n) is 3.60. The fraction of sp³-hybridized carbons (Fsp3) is 0.0435. The van der Waals surface area contributed by atoms with E-state index in [-0.39, 0.29) is 25.9 Å². The molecule has 3 heterocycles. The molecule has 0 aliphatic carbocycles. The zero-order valence-corrected chi connectivity index (χ0v) is 20.3. The predicted octanol–water partition coefficient (Wildman–Crippen LogP) is 5.60. The van der Waals surface area contributed by atoms with Crippen molar-refractivity contribution in [2.24, 2.45) is 4.99 Å². The second kappa shape index (κ2) is 9.09. The molecule has 0 unspecified atom stereocenters. The van der Waals surface area contributed by atoms with Crippen LogP contribution in [0.1, 0.15) is 22.9 Å². The number of fused-ring (bicyclic) bond motifs is 1. The number of rotatable bonds is 4. The van der Waals surface area contributed by atoms with E-state index in [4.69, 9.17) is 39.2 Å². The van der Waals surface area contributed by atoms with Gasteiger partial charge >= 0.3 is 5.88 Å². The largest absolute Gasteiger partial charge is 0.433 e. The van der Waals surface area contributed by atoms with E-state index in [9.17, 15) is 19.3 Å². The van der Waals surface area contributed by atoms with Crippen LogP contribution in [0.4, 0.5) is 10.3 Å². The second-order valence-electron chi connectivity index (χ2n) is 7.41. The SMILES string of the molecule is O=c1/c(=C/c2ccc([N+](=O)[O-])o2)sc2n1[C@@H](c1ccc(Cl)cc1)C=C(c1cc(F)c(Cl)cc1Cl)N=2. The molecule has 4 aromatic rings. The Morgan fingerprint density at radius 3 is 2.54 bits per heavy atom. The zero-order chi connectivity index (χ0) is 24.9. The van der Waals surface area contributed by atoms with Crippen molar-refractivity contribution in [3.8, 4) is 0 Å².